The third-order valence-electron chi connectivity index (χ3n) is 4.14. The number of pyridine rings is 1. The molecule has 0 amide bonds. The van der Waals surface area contributed by atoms with E-state index in [0.717, 1.165) is 43.8 Å². The summed E-state index contributed by atoms with van der Waals surface area (Å²) in [5.41, 5.74) is 4.02. The summed E-state index contributed by atoms with van der Waals surface area (Å²) in [6, 6.07) is 14.8. The van der Waals surface area contributed by atoms with Crippen LogP contribution in [0.15, 0.2) is 42.6 Å². The number of methoxy groups -OCH3 is 1. The largest absolute Gasteiger partial charge is 0.383 e. The molecule has 2 aromatic rings. The molecule has 0 fully saturated rings. The van der Waals surface area contributed by atoms with E-state index in [4.69, 9.17) is 4.74 Å². The van der Waals surface area contributed by atoms with Gasteiger partial charge >= 0.3 is 0 Å². The van der Waals surface area contributed by atoms with Crippen LogP contribution in [0.3, 0.4) is 0 Å². The predicted molar refractivity (Wildman–Crippen MR) is 95.9 cm³/mol. The van der Waals surface area contributed by atoms with Crippen LogP contribution in [0.2, 0.25) is 0 Å². The average molecular weight is 323 g/mol. The van der Waals surface area contributed by atoms with Crippen molar-refractivity contribution >= 4 is 0 Å². The van der Waals surface area contributed by atoms with Crippen LogP contribution < -0.4 is 5.32 Å². The van der Waals surface area contributed by atoms with Gasteiger partial charge in [-0.1, -0.05) is 30.3 Å². The molecule has 4 nitrogen and oxygen atoms in total. The number of aromatic nitrogens is 1. The molecule has 126 valence electrons. The van der Waals surface area contributed by atoms with Crippen molar-refractivity contribution in [3.8, 4) is 6.07 Å². The van der Waals surface area contributed by atoms with E-state index >= 15 is 0 Å². The van der Waals surface area contributed by atoms with Crippen LogP contribution in [0.5, 0.6) is 0 Å². The zero-order chi connectivity index (χ0) is 17.2. The van der Waals surface area contributed by atoms with E-state index in [0.29, 0.717) is 11.5 Å². The molecule has 1 heterocycles. The Hall–Kier alpha value is -2.22. The van der Waals surface area contributed by atoms with Crippen LogP contribution in [0.25, 0.3) is 0 Å². The van der Waals surface area contributed by atoms with E-state index in [-0.39, 0.29) is 0 Å². The maximum absolute atomic E-state index is 9.35. The second-order valence-electron chi connectivity index (χ2n) is 5.94. The van der Waals surface area contributed by atoms with Crippen LogP contribution in [-0.2, 0) is 11.2 Å². The molecule has 0 radical (unpaired) electrons. The Balaban J connectivity index is 2.11. The second-order valence-corrected chi connectivity index (χ2v) is 5.94. The van der Waals surface area contributed by atoms with Crippen LogP contribution in [0, 0.1) is 18.3 Å². The molecule has 1 N–H and O–H groups in total. The van der Waals surface area contributed by atoms with Gasteiger partial charge in [-0.05, 0) is 49.4 Å². The number of benzene rings is 1. The van der Waals surface area contributed by atoms with Crippen molar-refractivity contribution in [3.63, 3.8) is 0 Å². The Kier molecular flexibility index (Phi) is 7.41. The van der Waals surface area contributed by atoms with E-state index in [2.05, 4.69) is 40.6 Å². The fourth-order valence-corrected chi connectivity index (χ4v) is 2.84. The molecule has 0 spiro atoms. The highest BCUT2D eigenvalue weighted by atomic mass is 16.5. The van der Waals surface area contributed by atoms with Crippen LogP contribution in [-0.4, -0.2) is 31.8 Å². The number of nitrogens with one attached hydrogen (secondary N) is 1. The fraction of sp³-hybridized carbons (Fsp3) is 0.400. The molecule has 24 heavy (non-hydrogen) atoms. The summed E-state index contributed by atoms with van der Waals surface area (Å²) in [7, 11) is 1.71. The van der Waals surface area contributed by atoms with E-state index in [1.165, 1.54) is 5.56 Å². The van der Waals surface area contributed by atoms with Crippen LogP contribution in [0.1, 0.15) is 34.7 Å². The highest BCUT2D eigenvalue weighted by Crippen LogP contribution is 2.25. The van der Waals surface area contributed by atoms with E-state index < -0.39 is 0 Å². The molecule has 4 heteroatoms. The lowest BCUT2D eigenvalue weighted by Gasteiger charge is -2.19. The number of ether oxygens (including phenoxy) is 1. The smallest absolute Gasteiger partial charge is 0.101 e. The molecule has 1 aromatic heterocycles. The zero-order valence-electron chi connectivity index (χ0n) is 14.5. The Labute approximate surface area is 144 Å². The zero-order valence-corrected chi connectivity index (χ0v) is 14.5. The summed E-state index contributed by atoms with van der Waals surface area (Å²) in [4.78, 5) is 4.24. The summed E-state index contributed by atoms with van der Waals surface area (Å²) in [5.74, 6) is 0.371. The average Bonchev–Trinajstić information content (AvgIpc) is 2.61. The topological polar surface area (TPSA) is 57.9 Å². The van der Waals surface area contributed by atoms with Crippen molar-refractivity contribution in [2.45, 2.75) is 25.7 Å². The molecule has 2 rings (SSSR count). The summed E-state index contributed by atoms with van der Waals surface area (Å²) >= 11 is 0. The van der Waals surface area contributed by atoms with Gasteiger partial charge in [0.05, 0.1) is 12.2 Å². The molecule has 1 aromatic carbocycles. The number of nitrogens with zero attached hydrogens (tertiary/aromatic N) is 2. The van der Waals surface area contributed by atoms with Gasteiger partial charge in [-0.15, -0.1) is 0 Å². The second kappa shape index (κ2) is 9.82. The SMILES string of the molecule is COCCNCCC(Cc1cc(C)ncc1C#N)c1ccccc1. The van der Waals surface area contributed by atoms with Crippen molar-refractivity contribution in [1.82, 2.24) is 10.3 Å². The maximum atomic E-state index is 9.35. The summed E-state index contributed by atoms with van der Waals surface area (Å²) in [6.45, 7) is 4.47. The van der Waals surface area contributed by atoms with Gasteiger partial charge < -0.3 is 10.1 Å². The molecule has 0 aliphatic rings. The number of hydrogen-bond donors (Lipinski definition) is 1. The highest BCUT2D eigenvalue weighted by molar-refractivity contribution is 5.38. The fourth-order valence-electron chi connectivity index (χ4n) is 2.84. The monoisotopic (exact) mass is 323 g/mol. The molecule has 0 aliphatic heterocycles. The Morgan fingerprint density at radius 2 is 2.04 bits per heavy atom. The van der Waals surface area contributed by atoms with Crippen LogP contribution in [0.4, 0.5) is 0 Å². The Bertz CT molecular complexity index is 664. The van der Waals surface area contributed by atoms with E-state index in [1.807, 2.05) is 19.1 Å². The normalized spacial score (nSPS) is 11.9. The van der Waals surface area contributed by atoms with Crippen molar-refractivity contribution in [2.24, 2.45) is 0 Å². The molecule has 1 atom stereocenters. The molecule has 0 saturated carbocycles. The van der Waals surface area contributed by atoms with Gasteiger partial charge in [-0.3, -0.25) is 4.98 Å². The summed E-state index contributed by atoms with van der Waals surface area (Å²) in [5, 5.41) is 12.8. The van der Waals surface area contributed by atoms with Gasteiger partial charge in [0.25, 0.3) is 0 Å². The van der Waals surface area contributed by atoms with Gasteiger partial charge in [0, 0.05) is 25.5 Å². The Morgan fingerprint density at radius 3 is 2.75 bits per heavy atom. The Morgan fingerprint density at radius 1 is 1.25 bits per heavy atom. The number of rotatable bonds is 9. The minimum Gasteiger partial charge on any atom is -0.383 e. The number of hydrogen-bond acceptors (Lipinski definition) is 4. The van der Waals surface area contributed by atoms with Crippen molar-refractivity contribution in [1.29, 1.82) is 5.26 Å². The van der Waals surface area contributed by atoms with E-state index in [9.17, 15) is 5.26 Å². The van der Waals surface area contributed by atoms with Gasteiger partial charge in [0.2, 0.25) is 0 Å². The molecule has 0 bridgehead atoms. The quantitative estimate of drug-likeness (QED) is 0.720. The van der Waals surface area contributed by atoms with Gasteiger partial charge in [0.15, 0.2) is 0 Å². The first-order chi connectivity index (χ1) is 11.7. The van der Waals surface area contributed by atoms with Gasteiger partial charge in [0.1, 0.15) is 6.07 Å². The van der Waals surface area contributed by atoms with Crippen molar-refractivity contribution < 1.29 is 4.74 Å². The molecule has 0 aliphatic carbocycles. The summed E-state index contributed by atoms with van der Waals surface area (Å²) < 4.78 is 5.07. The minimum atomic E-state index is 0.371. The third-order valence-corrected chi connectivity index (χ3v) is 4.14. The summed E-state index contributed by atoms with van der Waals surface area (Å²) in [6.07, 6.45) is 3.55. The molecular weight excluding hydrogens is 298 g/mol. The minimum absolute atomic E-state index is 0.371. The predicted octanol–water partition coefficient (Wildman–Crippen LogP) is 3.21. The van der Waals surface area contributed by atoms with Crippen molar-refractivity contribution in [2.75, 3.05) is 26.8 Å². The molecule has 0 saturated heterocycles. The highest BCUT2D eigenvalue weighted by Gasteiger charge is 2.15. The maximum Gasteiger partial charge on any atom is 0.101 e. The van der Waals surface area contributed by atoms with Crippen molar-refractivity contribution in [3.05, 3.63) is 65.0 Å². The lowest BCUT2D eigenvalue weighted by molar-refractivity contribution is 0.199. The van der Waals surface area contributed by atoms with Gasteiger partial charge in [-0.2, -0.15) is 5.26 Å². The lowest BCUT2D eigenvalue weighted by Crippen LogP contribution is -2.22. The van der Waals surface area contributed by atoms with Crippen LogP contribution >= 0.6 is 0 Å². The first kappa shape index (κ1) is 18.1. The number of aryl methyl sites for hydroxylation is 1. The van der Waals surface area contributed by atoms with Gasteiger partial charge in [-0.25, -0.2) is 0 Å². The standard InChI is InChI=1S/C20H25N3O/c1-16-12-19(20(14-21)15-23-16)13-18(8-9-22-10-11-24-2)17-6-4-3-5-7-17/h3-7,12,15,18,22H,8-11,13H2,1-2H3. The first-order valence-corrected chi connectivity index (χ1v) is 8.34. The number of nitriles is 1. The third kappa shape index (κ3) is 5.45. The lowest BCUT2D eigenvalue weighted by atomic mass is 9.88. The molecular formula is C20H25N3O. The van der Waals surface area contributed by atoms with E-state index in [1.54, 1.807) is 13.3 Å². The molecule has 1 unspecified atom stereocenters. The first-order valence-electron chi connectivity index (χ1n) is 8.34.